The van der Waals surface area contributed by atoms with Crippen molar-refractivity contribution < 1.29 is 14.1 Å². The Kier molecular flexibility index (Phi) is 5.48. The highest BCUT2D eigenvalue weighted by atomic mass is 16.5. The van der Waals surface area contributed by atoms with E-state index in [4.69, 9.17) is 4.52 Å². The fourth-order valence-electron chi connectivity index (χ4n) is 4.64. The zero-order chi connectivity index (χ0) is 20.5. The van der Waals surface area contributed by atoms with E-state index in [0.29, 0.717) is 37.2 Å². The van der Waals surface area contributed by atoms with Crippen LogP contribution in [0.15, 0.2) is 16.7 Å². The third-order valence-corrected chi connectivity index (χ3v) is 6.33. The largest absolute Gasteiger partial charge is 0.360 e. The summed E-state index contributed by atoms with van der Waals surface area (Å²) < 4.78 is 7.16. The first-order valence-corrected chi connectivity index (χ1v) is 10.6. The maximum atomic E-state index is 13.2. The normalized spacial score (nSPS) is 17.9. The van der Waals surface area contributed by atoms with Crippen LogP contribution in [0, 0.1) is 26.7 Å². The molecule has 2 amide bonds. The van der Waals surface area contributed by atoms with Crippen LogP contribution in [0.4, 0.5) is 0 Å². The number of hydrogen-bond acceptors (Lipinski definition) is 4. The second-order valence-electron chi connectivity index (χ2n) is 8.44. The van der Waals surface area contributed by atoms with Crippen molar-refractivity contribution in [3.63, 3.8) is 0 Å². The van der Waals surface area contributed by atoms with E-state index in [9.17, 15) is 9.59 Å². The van der Waals surface area contributed by atoms with Gasteiger partial charge in [0.1, 0.15) is 5.76 Å². The van der Waals surface area contributed by atoms with Gasteiger partial charge in [0.05, 0.1) is 5.56 Å². The first-order valence-electron chi connectivity index (χ1n) is 10.6. The topological polar surface area (TPSA) is 71.6 Å². The summed E-state index contributed by atoms with van der Waals surface area (Å²) in [4.78, 5) is 29.5. The molecule has 29 heavy (non-hydrogen) atoms. The molecule has 0 bridgehead atoms. The SMILES string of the molecule is Cc1cc(-n2c(C)cc(C(=O)N3CCC(CC(=O)N4CCCC4)CC3)c2C)no1. The van der Waals surface area contributed by atoms with Crippen LogP contribution in [0.1, 0.15) is 59.6 Å². The molecular formula is C22H30N4O3. The third kappa shape index (κ3) is 3.95. The fraction of sp³-hybridized carbons (Fsp3) is 0.591. The Morgan fingerprint density at radius 1 is 1.03 bits per heavy atom. The van der Waals surface area contributed by atoms with Crippen LogP contribution < -0.4 is 0 Å². The summed E-state index contributed by atoms with van der Waals surface area (Å²) >= 11 is 0. The Hall–Kier alpha value is -2.57. The molecule has 4 rings (SSSR count). The van der Waals surface area contributed by atoms with Gasteiger partial charge in [-0.15, -0.1) is 0 Å². The molecule has 7 nitrogen and oxygen atoms in total. The van der Waals surface area contributed by atoms with Crippen molar-refractivity contribution in [2.45, 2.75) is 52.9 Å². The van der Waals surface area contributed by atoms with E-state index in [1.807, 2.05) is 47.3 Å². The average Bonchev–Trinajstić information content (AvgIpc) is 3.43. The lowest BCUT2D eigenvalue weighted by Gasteiger charge is -2.32. The van der Waals surface area contributed by atoms with E-state index in [1.165, 1.54) is 0 Å². The lowest BCUT2D eigenvalue weighted by molar-refractivity contribution is -0.131. The molecule has 0 aliphatic carbocycles. The molecule has 0 N–H and O–H groups in total. The smallest absolute Gasteiger partial charge is 0.255 e. The summed E-state index contributed by atoms with van der Waals surface area (Å²) in [6.07, 6.45) is 4.68. The number of carbonyl (C=O) groups excluding carboxylic acids is 2. The Morgan fingerprint density at radius 3 is 2.34 bits per heavy atom. The molecular weight excluding hydrogens is 368 g/mol. The Balaban J connectivity index is 1.39. The van der Waals surface area contributed by atoms with E-state index in [-0.39, 0.29) is 5.91 Å². The highest BCUT2D eigenvalue weighted by Gasteiger charge is 2.29. The number of likely N-dealkylation sites (tertiary alicyclic amines) is 2. The lowest BCUT2D eigenvalue weighted by Crippen LogP contribution is -2.40. The molecule has 156 valence electrons. The summed E-state index contributed by atoms with van der Waals surface area (Å²) in [5.41, 5.74) is 2.56. The molecule has 0 atom stereocenters. The molecule has 2 aromatic rings. The van der Waals surface area contributed by atoms with Gasteiger partial charge in [0.15, 0.2) is 5.82 Å². The minimum absolute atomic E-state index is 0.0638. The van der Waals surface area contributed by atoms with Crippen LogP contribution in [0.25, 0.3) is 5.82 Å². The molecule has 7 heteroatoms. The second-order valence-corrected chi connectivity index (χ2v) is 8.44. The Labute approximate surface area is 171 Å². The number of nitrogens with zero attached hydrogens (tertiary/aromatic N) is 4. The number of aryl methyl sites for hydroxylation is 2. The van der Waals surface area contributed by atoms with E-state index in [1.54, 1.807) is 0 Å². The van der Waals surface area contributed by atoms with Gasteiger partial charge < -0.3 is 14.3 Å². The standard InChI is InChI=1S/C22H30N4O3/c1-15-12-19(17(3)26(15)20-13-16(2)29-23-20)22(28)25-10-6-18(7-11-25)14-21(27)24-8-4-5-9-24/h12-13,18H,4-11,14H2,1-3H3. The quantitative estimate of drug-likeness (QED) is 0.793. The Morgan fingerprint density at radius 2 is 1.72 bits per heavy atom. The van der Waals surface area contributed by atoms with Gasteiger partial charge in [-0.05, 0) is 58.4 Å². The van der Waals surface area contributed by atoms with E-state index in [0.717, 1.165) is 61.5 Å². The van der Waals surface area contributed by atoms with Gasteiger partial charge in [-0.1, -0.05) is 5.16 Å². The summed E-state index contributed by atoms with van der Waals surface area (Å²) in [7, 11) is 0. The molecule has 0 radical (unpaired) electrons. The van der Waals surface area contributed by atoms with E-state index < -0.39 is 0 Å². The van der Waals surface area contributed by atoms with Crippen LogP contribution in [0.2, 0.25) is 0 Å². The number of piperidine rings is 1. The maximum Gasteiger partial charge on any atom is 0.255 e. The van der Waals surface area contributed by atoms with Crippen LogP contribution in [-0.4, -0.2) is 57.5 Å². The number of rotatable bonds is 4. The molecule has 2 aliphatic heterocycles. The number of aromatic nitrogens is 2. The minimum Gasteiger partial charge on any atom is -0.360 e. The van der Waals surface area contributed by atoms with Crippen LogP contribution in [0.5, 0.6) is 0 Å². The molecule has 2 aliphatic rings. The van der Waals surface area contributed by atoms with Gasteiger partial charge in [0, 0.05) is 50.1 Å². The predicted molar refractivity (Wildman–Crippen MR) is 109 cm³/mol. The average molecular weight is 399 g/mol. The summed E-state index contributed by atoms with van der Waals surface area (Å²) in [5, 5.41) is 4.09. The zero-order valence-corrected chi connectivity index (χ0v) is 17.6. The van der Waals surface area contributed by atoms with Crippen molar-refractivity contribution in [3.8, 4) is 5.82 Å². The van der Waals surface area contributed by atoms with Crippen LogP contribution in [-0.2, 0) is 4.79 Å². The Bertz CT molecular complexity index is 899. The van der Waals surface area contributed by atoms with Gasteiger partial charge in [-0.2, -0.15) is 0 Å². The van der Waals surface area contributed by atoms with Gasteiger partial charge in [-0.3, -0.25) is 14.2 Å². The van der Waals surface area contributed by atoms with E-state index >= 15 is 0 Å². The monoisotopic (exact) mass is 398 g/mol. The summed E-state index contributed by atoms with van der Waals surface area (Å²) in [6, 6.07) is 3.81. The number of carbonyl (C=O) groups is 2. The molecule has 0 spiro atoms. The maximum absolute atomic E-state index is 13.2. The molecule has 0 unspecified atom stereocenters. The minimum atomic E-state index is 0.0638. The van der Waals surface area contributed by atoms with Crippen molar-refractivity contribution in [2.75, 3.05) is 26.2 Å². The molecule has 2 fully saturated rings. The van der Waals surface area contributed by atoms with Gasteiger partial charge in [0.2, 0.25) is 5.91 Å². The van der Waals surface area contributed by atoms with Crippen LogP contribution >= 0.6 is 0 Å². The molecule has 2 saturated heterocycles. The van der Waals surface area contributed by atoms with Crippen molar-refractivity contribution >= 4 is 11.8 Å². The molecule has 4 heterocycles. The van der Waals surface area contributed by atoms with Crippen molar-refractivity contribution in [3.05, 3.63) is 34.8 Å². The first-order chi connectivity index (χ1) is 13.9. The third-order valence-electron chi connectivity index (χ3n) is 6.33. The lowest BCUT2D eigenvalue weighted by atomic mass is 9.92. The highest BCUT2D eigenvalue weighted by molar-refractivity contribution is 5.96. The van der Waals surface area contributed by atoms with Gasteiger partial charge in [-0.25, -0.2) is 0 Å². The summed E-state index contributed by atoms with van der Waals surface area (Å²) in [5.74, 6) is 2.19. The molecule has 0 aromatic carbocycles. The van der Waals surface area contributed by atoms with Crippen molar-refractivity contribution in [1.82, 2.24) is 19.5 Å². The van der Waals surface area contributed by atoms with Crippen molar-refractivity contribution in [2.24, 2.45) is 5.92 Å². The number of hydrogen-bond donors (Lipinski definition) is 0. The highest BCUT2D eigenvalue weighted by Crippen LogP contribution is 2.26. The van der Waals surface area contributed by atoms with Gasteiger partial charge in [0.25, 0.3) is 5.91 Å². The van der Waals surface area contributed by atoms with Gasteiger partial charge >= 0.3 is 0 Å². The molecule has 2 aromatic heterocycles. The zero-order valence-electron chi connectivity index (χ0n) is 17.6. The number of amides is 2. The summed E-state index contributed by atoms with van der Waals surface area (Å²) in [6.45, 7) is 9.03. The van der Waals surface area contributed by atoms with Crippen LogP contribution in [0.3, 0.4) is 0 Å². The van der Waals surface area contributed by atoms with E-state index in [2.05, 4.69) is 5.16 Å². The predicted octanol–water partition coefficient (Wildman–Crippen LogP) is 3.26. The van der Waals surface area contributed by atoms with Crippen molar-refractivity contribution in [1.29, 1.82) is 0 Å². The first kappa shape index (κ1) is 19.7. The molecule has 0 saturated carbocycles. The second kappa shape index (κ2) is 8.05. The fourth-order valence-corrected chi connectivity index (χ4v) is 4.64.